The lowest BCUT2D eigenvalue weighted by Crippen LogP contribution is -2.15. The minimum atomic E-state index is -0.514. The Labute approximate surface area is 149 Å². The standard InChI is InChI=1S/C19H17N3O4/c1-25-16-8-6-13(12-4-3-9-21-17(12)16)18(23)22-15-10-11(19(24)26-2)5-7-14(15)20/h3-10H,20H2,1-2H3,(H,22,23). The number of nitrogens with one attached hydrogen (secondary N) is 1. The fourth-order valence-corrected chi connectivity index (χ4v) is 2.61. The number of fused-ring (bicyclic) bond motifs is 1. The van der Waals surface area contributed by atoms with Crippen LogP contribution in [0.2, 0.25) is 0 Å². The van der Waals surface area contributed by atoms with Crippen molar-refractivity contribution >= 4 is 34.2 Å². The smallest absolute Gasteiger partial charge is 0.337 e. The number of aromatic nitrogens is 1. The van der Waals surface area contributed by atoms with Crippen molar-refractivity contribution in [3.63, 3.8) is 0 Å². The number of methoxy groups -OCH3 is 2. The van der Waals surface area contributed by atoms with Crippen molar-refractivity contribution in [2.75, 3.05) is 25.3 Å². The van der Waals surface area contributed by atoms with Crippen LogP contribution in [0.4, 0.5) is 11.4 Å². The van der Waals surface area contributed by atoms with E-state index in [0.29, 0.717) is 39.2 Å². The third-order valence-electron chi connectivity index (χ3n) is 3.92. The number of rotatable bonds is 4. The quantitative estimate of drug-likeness (QED) is 0.553. The maximum atomic E-state index is 12.8. The molecule has 0 spiro atoms. The molecule has 0 atom stereocenters. The van der Waals surface area contributed by atoms with E-state index < -0.39 is 5.97 Å². The molecule has 3 rings (SSSR count). The van der Waals surface area contributed by atoms with Crippen molar-refractivity contribution in [3.8, 4) is 5.75 Å². The number of pyridine rings is 1. The molecule has 0 aliphatic rings. The van der Waals surface area contributed by atoms with Crippen LogP contribution in [-0.4, -0.2) is 31.1 Å². The molecule has 1 aromatic heterocycles. The number of nitrogens with zero attached hydrogens (tertiary/aromatic N) is 1. The molecule has 2 aromatic carbocycles. The van der Waals surface area contributed by atoms with Crippen LogP contribution in [0.5, 0.6) is 5.75 Å². The average Bonchev–Trinajstić information content (AvgIpc) is 2.68. The van der Waals surface area contributed by atoms with Crippen molar-refractivity contribution in [1.82, 2.24) is 4.98 Å². The molecule has 0 unspecified atom stereocenters. The number of hydrogen-bond acceptors (Lipinski definition) is 6. The molecule has 0 saturated carbocycles. The second-order valence-corrected chi connectivity index (χ2v) is 5.46. The van der Waals surface area contributed by atoms with E-state index in [4.69, 9.17) is 10.5 Å². The second-order valence-electron chi connectivity index (χ2n) is 5.46. The molecule has 0 aliphatic heterocycles. The molecule has 0 bridgehead atoms. The summed E-state index contributed by atoms with van der Waals surface area (Å²) in [4.78, 5) is 28.7. The van der Waals surface area contributed by atoms with Gasteiger partial charge in [-0.05, 0) is 36.4 Å². The zero-order valence-corrected chi connectivity index (χ0v) is 14.3. The van der Waals surface area contributed by atoms with Gasteiger partial charge in [0.2, 0.25) is 0 Å². The number of nitrogen functional groups attached to an aromatic ring is 1. The van der Waals surface area contributed by atoms with Gasteiger partial charge in [-0.1, -0.05) is 6.07 Å². The summed E-state index contributed by atoms with van der Waals surface area (Å²) in [5.74, 6) is -0.316. The van der Waals surface area contributed by atoms with E-state index in [1.54, 1.807) is 37.6 Å². The predicted molar refractivity (Wildman–Crippen MR) is 98.4 cm³/mol. The molecule has 3 N–H and O–H groups in total. The van der Waals surface area contributed by atoms with Gasteiger partial charge >= 0.3 is 5.97 Å². The third-order valence-corrected chi connectivity index (χ3v) is 3.92. The Bertz CT molecular complexity index is 1000. The molecule has 132 valence electrons. The summed E-state index contributed by atoms with van der Waals surface area (Å²) in [6, 6.07) is 11.4. The van der Waals surface area contributed by atoms with Gasteiger partial charge in [0.15, 0.2) is 0 Å². The Morgan fingerprint density at radius 3 is 2.65 bits per heavy atom. The highest BCUT2D eigenvalue weighted by Crippen LogP contribution is 2.28. The van der Waals surface area contributed by atoms with Crippen LogP contribution in [0.3, 0.4) is 0 Å². The summed E-state index contributed by atoms with van der Waals surface area (Å²) >= 11 is 0. The van der Waals surface area contributed by atoms with Gasteiger partial charge in [-0.2, -0.15) is 0 Å². The average molecular weight is 351 g/mol. The maximum Gasteiger partial charge on any atom is 0.337 e. The molecule has 0 saturated heterocycles. The molecule has 7 nitrogen and oxygen atoms in total. The molecule has 1 amide bonds. The molecule has 7 heteroatoms. The Morgan fingerprint density at radius 1 is 1.12 bits per heavy atom. The first kappa shape index (κ1) is 17.2. The fraction of sp³-hybridized carbons (Fsp3) is 0.105. The lowest BCUT2D eigenvalue weighted by molar-refractivity contribution is 0.0600. The maximum absolute atomic E-state index is 12.8. The monoisotopic (exact) mass is 351 g/mol. The minimum Gasteiger partial charge on any atom is -0.494 e. The topological polar surface area (TPSA) is 104 Å². The predicted octanol–water partition coefficient (Wildman–Crippen LogP) is 2.86. The van der Waals surface area contributed by atoms with Gasteiger partial charge in [0.1, 0.15) is 11.3 Å². The lowest BCUT2D eigenvalue weighted by atomic mass is 10.1. The van der Waals surface area contributed by atoms with Crippen LogP contribution < -0.4 is 15.8 Å². The van der Waals surface area contributed by atoms with E-state index in [9.17, 15) is 9.59 Å². The van der Waals surface area contributed by atoms with E-state index in [2.05, 4.69) is 15.0 Å². The zero-order valence-electron chi connectivity index (χ0n) is 14.3. The minimum absolute atomic E-state index is 0.290. The van der Waals surface area contributed by atoms with Gasteiger partial charge in [-0.3, -0.25) is 9.78 Å². The summed E-state index contributed by atoms with van der Waals surface area (Å²) in [5, 5.41) is 3.38. The number of carbonyl (C=O) groups is 2. The molecule has 3 aromatic rings. The van der Waals surface area contributed by atoms with Crippen molar-refractivity contribution in [1.29, 1.82) is 0 Å². The molecule has 26 heavy (non-hydrogen) atoms. The van der Waals surface area contributed by atoms with Crippen molar-refractivity contribution in [2.24, 2.45) is 0 Å². The summed E-state index contributed by atoms with van der Waals surface area (Å²) in [6.45, 7) is 0. The Kier molecular flexibility index (Phi) is 4.70. The van der Waals surface area contributed by atoms with Crippen LogP contribution in [0, 0.1) is 0 Å². The van der Waals surface area contributed by atoms with Crippen LogP contribution in [0.1, 0.15) is 20.7 Å². The Morgan fingerprint density at radius 2 is 1.92 bits per heavy atom. The number of amides is 1. The Balaban J connectivity index is 1.99. The summed E-state index contributed by atoms with van der Waals surface area (Å²) in [7, 11) is 2.83. The van der Waals surface area contributed by atoms with Crippen molar-refractivity contribution < 1.29 is 19.1 Å². The van der Waals surface area contributed by atoms with Gasteiger partial charge < -0.3 is 20.5 Å². The Hall–Kier alpha value is -3.61. The van der Waals surface area contributed by atoms with Gasteiger partial charge in [0.25, 0.3) is 5.91 Å². The zero-order chi connectivity index (χ0) is 18.7. The molecule has 0 radical (unpaired) electrons. The molecule has 1 heterocycles. The largest absolute Gasteiger partial charge is 0.494 e. The molecular weight excluding hydrogens is 334 g/mol. The highest BCUT2D eigenvalue weighted by molar-refractivity contribution is 6.14. The van der Waals surface area contributed by atoms with E-state index in [-0.39, 0.29) is 5.91 Å². The molecule has 0 aliphatic carbocycles. The van der Waals surface area contributed by atoms with E-state index in [1.165, 1.54) is 25.3 Å². The number of hydrogen-bond donors (Lipinski definition) is 2. The number of ether oxygens (including phenoxy) is 2. The van der Waals surface area contributed by atoms with E-state index in [0.717, 1.165) is 0 Å². The third kappa shape index (κ3) is 3.14. The van der Waals surface area contributed by atoms with Crippen LogP contribution in [0.25, 0.3) is 10.9 Å². The SMILES string of the molecule is COC(=O)c1ccc(N)c(NC(=O)c2ccc(OC)c3ncccc23)c1. The first-order chi connectivity index (χ1) is 12.5. The van der Waals surface area contributed by atoms with Crippen molar-refractivity contribution in [2.45, 2.75) is 0 Å². The first-order valence-electron chi connectivity index (χ1n) is 7.76. The highest BCUT2D eigenvalue weighted by atomic mass is 16.5. The first-order valence-corrected chi connectivity index (χ1v) is 7.76. The van der Waals surface area contributed by atoms with Gasteiger partial charge in [-0.25, -0.2) is 4.79 Å². The molecule has 0 fully saturated rings. The lowest BCUT2D eigenvalue weighted by Gasteiger charge is -2.12. The second kappa shape index (κ2) is 7.10. The number of anilines is 2. The number of nitrogens with two attached hydrogens (primary N) is 1. The fourth-order valence-electron chi connectivity index (χ4n) is 2.61. The highest BCUT2D eigenvalue weighted by Gasteiger charge is 2.16. The van der Waals surface area contributed by atoms with Gasteiger partial charge in [0, 0.05) is 17.1 Å². The van der Waals surface area contributed by atoms with Crippen LogP contribution in [0.15, 0.2) is 48.7 Å². The number of benzene rings is 2. The van der Waals surface area contributed by atoms with E-state index >= 15 is 0 Å². The van der Waals surface area contributed by atoms with Crippen LogP contribution in [-0.2, 0) is 4.74 Å². The van der Waals surface area contributed by atoms with Crippen molar-refractivity contribution in [3.05, 3.63) is 59.8 Å². The summed E-state index contributed by atoms with van der Waals surface area (Å²) in [6.07, 6.45) is 1.63. The van der Waals surface area contributed by atoms with Crippen LogP contribution >= 0.6 is 0 Å². The normalized spacial score (nSPS) is 10.4. The van der Waals surface area contributed by atoms with Gasteiger partial charge in [-0.15, -0.1) is 0 Å². The van der Waals surface area contributed by atoms with Gasteiger partial charge in [0.05, 0.1) is 31.2 Å². The van der Waals surface area contributed by atoms with E-state index in [1.807, 2.05) is 0 Å². The summed E-state index contributed by atoms with van der Waals surface area (Å²) < 4.78 is 9.98. The molecular formula is C19H17N3O4. The number of esters is 1. The summed E-state index contributed by atoms with van der Waals surface area (Å²) in [5.41, 5.74) is 7.86. The number of carbonyl (C=O) groups excluding carboxylic acids is 2.